The summed E-state index contributed by atoms with van der Waals surface area (Å²) in [4.78, 5) is 23.6. The molecule has 0 aromatic carbocycles. The summed E-state index contributed by atoms with van der Waals surface area (Å²) in [5.74, 6) is 0.469. The highest BCUT2D eigenvalue weighted by molar-refractivity contribution is 5.72. The first-order valence-electron chi connectivity index (χ1n) is 11.4. The molecule has 0 heterocycles. The van der Waals surface area contributed by atoms with Gasteiger partial charge in [0, 0.05) is 6.42 Å². The Morgan fingerprint density at radius 2 is 1.26 bits per heavy atom. The molecule has 27 heavy (non-hydrogen) atoms. The SMILES string of the molecule is CCCOC(=O)CCCCCCCCCC(CC)C(CC)C(=O)OCCC. The zero-order valence-corrected chi connectivity index (χ0v) is 18.4. The van der Waals surface area contributed by atoms with Crippen LogP contribution in [0.3, 0.4) is 0 Å². The fraction of sp³-hybridized carbons (Fsp3) is 0.913. The lowest BCUT2D eigenvalue weighted by Gasteiger charge is -2.23. The van der Waals surface area contributed by atoms with Gasteiger partial charge in [0.2, 0.25) is 0 Å². The molecule has 0 aliphatic heterocycles. The number of unbranched alkanes of at least 4 members (excludes halogenated alkanes) is 6. The Labute approximate surface area is 167 Å². The second-order valence-electron chi connectivity index (χ2n) is 7.58. The first kappa shape index (κ1) is 25.9. The van der Waals surface area contributed by atoms with Crippen molar-refractivity contribution in [1.82, 2.24) is 0 Å². The van der Waals surface area contributed by atoms with Gasteiger partial charge in [0.1, 0.15) is 0 Å². The zero-order valence-electron chi connectivity index (χ0n) is 18.4. The van der Waals surface area contributed by atoms with Gasteiger partial charge in [0.05, 0.1) is 19.1 Å². The Kier molecular flexibility index (Phi) is 17.6. The van der Waals surface area contributed by atoms with Crippen molar-refractivity contribution >= 4 is 11.9 Å². The Bertz CT molecular complexity index is 367. The minimum atomic E-state index is -0.0506. The second kappa shape index (κ2) is 18.3. The number of hydrogen-bond acceptors (Lipinski definition) is 4. The van der Waals surface area contributed by atoms with E-state index in [9.17, 15) is 9.59 Å². The largest absolute Gasteiger partial charge is 0.466 e. The third kappa shape index (κ3) is 13.7. The monoisotopic (exact) mass is 384 g/mol. The molecule has 0 N–H and O–H groups in total. The number of carbonyl (C=O) groups excluding carboxylic acids is 2. The molecule has 0 aromatic heterocycles. The number of rotatable bonds is 18. The number of carbonyl (C=O) groups is 2. The van der Waals surface area contributed by atoms with Crippen LogP contribution in [0.15, 0.2) is 0 Å². The molecule has 0 spiro atoms. The lowest BCUT2D eigenvalue weighted by Crippen LogP contribution is -2.25. The maximum absolute atomic E-state index is 12.2. The van der Waals surface area contributed by atoms with Crippen LogP contribution in [0.25, 0.3) is 0 Å². The van der Waals surface area contributed by atoms with Crippen molar-refractivity contribution < 1.29 is 19.1 Å². The Morgan fingerprint density at radius 3 is 1.81 bits per heavy atom. The molecule has 4 nitrogen and oxygen atoms in total. The molecular formula is C23H44O4. The van der Waals surface area contributed by atoms with Crippen LogP contribution in [0.1, 0.15) is 111 Å². The van der Waals surface area contributed by atoms with Crippen molar-refractivity contribution in [2.75, 3.05) is 13.2 Å². The highest BCUT2D eigenvalue weighted by Gasteiger charge is 2.26. The second-order valence-corrected chi connectivity index (χ2v) is 7.58. The van der Waals surface area contributed by atoms with Crippen LogP contribution in [-0.4, -0.2) is 25.2 Å². The molecule has 0 radical (unpaired) electrons. The van der Waals surface area contributed by atoms with Crippen molar-refractivity contribution in [3.8, 4) is 0 Å². The van der Waals surface area contributed by atoms with Gasteiger partial charge >= 0.3 is 11.9 Å². The average Bonchev–Trinajstić information content (AvgIpc) is 2.68. The highest BCUT2D eigenvalue weighted by atomic mass is 16.5. The van der Waals surface area contributed by atoms with E-state index in [-0.39, 0.29) is 17.9 Å². The predicted octanol–water partition coefficient (Wildman–Crippen LogP) is 6.46. The molecule has 2 atom stereocenters. The van der Waals surface area contributed by atoms with E-state index in [1.165, 1.54) is 32.1 Å². The van der Waals surface area contributed by atoms with Gasteiger partial charge in [0.25, 0.3) is 0 Å². The third-order valence-electron chi connectivity index (χ3n) is 5.21. The first-order chi connectivity index (χ1) is 13.1. The predicted molar refractivity (Wildman–Crippen MR) is 112 cm³/mol. The maximum atomic E-state index is 12.2. The summed E-state index contributed by atoms with van der Waals surface area (Å²) in [6, 6.07) is 0. The first-order valence-corrected chi connectivity index (χ1v) is 11.4. The third-order valence-corrected chi connectivity index (χ3v) is 5.21. The van der Waals surface area contributed by atoms with E-state index in [1.807, 2.05) is 13.8 Å². The van der Waals surface area contributed by atoms with E-state index in [4.69, 9.17) is 9.47 Å². The van der Waals surface area contributed by atoms with E-state index in [0.717, 1.165) is 44.9 Å². The topological polar surface area (TPSA) is 52.6 Å². The van der Waals surface area contributed by atoms with Gasteiger partial charge in [-0.25, -0.2) is 0 Å². The van der Waals surface area contributed by atoms with Crippen LogP contribution < -0.4 is 0 Å². The van der Waals surface area contributed by atoms with Crippen LogP contribution in [0.4, 0.5) is 0 Å². The molecule has 0 saturated carbocycles. The van der Waals surface area contributed by atoms with E-state index in [1.54, 1.807) is 0 Å². The lowest BCUT2D eigenvalue weighted by molar-refractivity contribution is -0.151. The van der Waals surface area contributed by atoms with E-state index < -0.39 is 0 Å². The van der Waals surface area contributed by atoms with Crippen LogP contribution in [-0.2, 0) is 19.1 Å². The minimum Gasteiger partial charge on any atom is -0.466 e. The highest BCUT2D eigenvalue weighted by Crippen LogP contribution is 2.27. The molecular weight excluding hydrogens is 340 g/mol. The molecule has 0 bridgehead atoms. The summed E-state index contributed by atoms with van der Waals surface area (Å²) in [5, 5.41) is 0. The average molecular weight is 385 g/mol. The van der Waals surface area contributed by atoms with Crippen LogP contribution in [0.2, 0.25) is 0 Å². The molecule has 0 saturated heterocycles. The molecule has 0 rings (SSSR count). The van der Waals surface area contributed by atoms with Gasteiger partial charge in [0.15, 0.2) is 0 Å². The molecule has 2 unspecified atom stereocenters. The van der Waals surface area contributed by atoms with Crippen molar-refractivity contribution in [2.24, 2.45) is 11.8 Å². The van der Waals surface area contributed by atoms with Crippen molar-refractivity contribution in [3.63, 3.8) is 0 Å². The fourth-order valence-electron chi connectivity index (χ4n) is 3.54. The summed E-state index contributed by atoms with van der Waals surface area (Å²) in [6.45, 7) is 9.42. The summed E-state index contributed by atoms with van der Waals surface area (Å²) in [5.41, 5.74) is 0. The molecule has 0 aromatic rings. The van der Waals surface area contributed by atoms with Gasteiger partial charge in [-0.15, -0.1) is 0 Å². The Morgan fingerprint density at radius 1 is 0.704 bits per heavy atom. The summed E-state index contributed by atoms with van der Waals surface area (Å²) in [7, 11) is 0. The van der Waals surface area contributed by atoms with Gasteiger partial charge in [-0.3, -0.25) is 9.59 Å². The molecule has 0 fully saturated rings. The van der Waals surface area contributed by atoms with E-state index >= 15 is 0 Å². The maximum Gasteiger partial charge on any atom is 0.309 e. The van der Waals surface area contributed by atoms with Gasteiger partial charge < -0.3 is 9.47 Å². The normalized spacial score (nSPS) is 13.2. The van der Waals surface area contributed by atoms with Crippen LogP contribution >= 0.6 is 0 Å². The van der Waals surface area contributed by atoms with Gasteiger partial charge in [-0.1, -0.05) is 72.6 Å². The smallest absolute Gasteiger partial charge is 0.309 e. The minimum absolute atomic E-state index is 0.00339. The molecule has 0 aliphatic carbocycles. The molecule has 4 heteroatoms. The van der Waals surface area contributed by atoms with E-state index in [0.29, 0.717) is 25.6 Å². The standard InChI is InChI=1S/C23H44O4/c1-5-18-26-22(24)17-15-13-11-9-10-12-14-16-20(7-3)21(8-4)23(25)27-19-6-2/h20-21H,5-19H2,1-4H3. The molecule has 0 amide bonds. The van der Waals surface area contributed by atoms with Crippen molar-refractivity contribution in [2.45, 2.75) is 111 Å². The van der Waals surface area contributed by atoms with Crippen molar-refractivity contribution in [3.05, 3.63) is 0 Å². The number of esters is 2. The van der Waals surface area contributed by atoms with Crippen molar-refractivity contribution in [1.29, 1.82) is 0 Å². The quantitative estimate of drug-likeness (QED) is 0.201. The molecule has 0 aliphatic rings. The number of hydrogen-bond donors (Lipinski definition) is 0. The summed E-state index contributed by atoms with van der Waals surface area (Å²) in [6.07, 6.45) is 13.5. The zero-order chi connectivity index (χ0) is 20.3. The lowest BCUT2D eigenvalue weighted by atomic mass is 9.84. The van der Waals surface area contributed by atoms with Gasteiger partial charge in [-0.2, -0.15) is 0 Å². The fourth-order valence-corrected chi connectivity index (χ4v) is 3.54. The summed E-state index contributed by atoms with van der Waals surface area (Å²) >= 11 is 0. The van der Waals surface area contributed by atoms with E-state index in [2.05, 4.69) is 13.8 Å². The van der Waals surface area contributed by atoms with Gasteiger partial charge in [-0.05, 0) is 38.0 Å². The number of ether oxygens (including phenoxy) is 2. The summed E-state index contributed by atoms with van der Waals surface area (Å²) < 4.78 is 10.5. The van der Waals surface area contributed by atoms with Crippen LogP contribution in [0, 0.1) is 11.8 Å². The van der Waals surface area contributed by atoms with Crippen LogP contribution in [0.5, 0.6) is 0 Å². The Hall–Kier alpha value is -1.06. The Balaban J connectivity index is 3.76. The molecule has 160 valence electrons.